The van der Waals surface area contributed by atoms with Gasteiger partial charge in [-0.1, -0.05) is 0 Å². The predicted molar refractivity (Wildman–Crippen MR) is 85.8 cm³/mol. The Morgan fingerprint density at radius 3 is 2.29 bits per heavy atom. The lowest BCUT2D eigenvalue weighted by Gasteiger charge is -2.13. The van der Waals surface area contributed by atoms with Crippen LogP contribution in [0.2, 0.25) is 0 Å². The molecule has 0 spiro atoms. The molecular formula is C16H11N3O4S. The molecule has 0 N–H and O–H groups in total. The van der Waals surface area contributed by atoms with Crippen molar-refractivity contribution >= 4 is 15.5 Å². The van der Waals surface area contributed by atoms with Crippen molar-refractivity contribution in [1.29, 1.82) is 10.5 Å². The summed E-state index contributed by atoms with van der Waals surface area (Å²) in [6.07, 6.45) is 0.945. The molecule has 0 bridgehead atoms. The molecule has 2 aromatic carbocycles. The zero-order valence-electron chi connectivity index (χ0n) is 12.8. The SMILES string of the molecule is Cc1cc(C#N)cc(C#N)c1-c1ccc([N+](=O)[O-])cc1S(C)(=O)=O. The molecule has 8 heteroatoms. The Bertz CT molecular complexity index is 1040. The van der Waals surface area contributed by atoms with E-state index in [0.717, 1.165) is 12.3 Å². The van der Waals surface area contributed by atoms with E-state index in [0.29, 0.717) is 11.1 Å². The van der Waals surface area contributed by atoms with Crippen molar-refractivity contribution in [2.24, 2.45) is 0 Å². The number of hydrogen-bond acceptors (Lipinski definition) is 6. The molecule has 120 valence electrons. The lowest BCUT2D eigenvalue weighted by Crippen LogP contribution is -2.03. The van der Waals surface area contributed by atoms with E-state index in [4.69, 9.17) is 5.26 Å². The average Bonchev–Trinajstić information content (AvgIpc) is 2.52. The molecule has 2 aromatic rings. The minimum absolute atomic E-state index is 0.130. The molecule has 0 heterocycles. The van der Waals surface area contributed by atoms with Crippen LogP contribution < -0.4 is 0 Å². The summed E-state index contributed by atoms with van der Waals surface area (Å²) in [7, 11) is -3.77. The first kappa shape index (κ1) is 17.1. The summed E-state index contributed by atoms with van der Waals surface area (Å²) in [5.41, 5.74) is 1.11. The summed E-state index contributed by atoms with van der Waals surface area (Å²) in [6.45, 7) is 1.64. The fourth-order valence-corrected chi connectivity index (χ4v) is 3.34. The molecule has 0 amide bonds. The normalized spacial score (nSPS) is 10.7. The van der Waals surface area contributed by atoms with Crippen molar-refractivity contribution < 1.29 is 13.3 Å². The van der Waals surface area contributed by atoms with Crippen molar-refractivity contribution in [3.05, 3.63) is 57.1 Å². The van der Waals surface area contributed by atoms with E-state index >= 15 is 0 Å². The summed E-state index contributed by atoms with van der Waals surface area (Å²) in [5.74, 6) is 0. The zero-order valence-corrected chi connectivity index (χ0v) is 13.6. The number of sulfone groups is 1. The lowest BCUT2D eigenvalue weighted by atomic mass is 9.93. The Kier molecular flexibility index (Phi) is 4.36. The summed E-state index contributed by atoms with van der Waals surface area (Å²) < 4.78 is 24.2. The maximum absolute atomic E-state index is 12.1. The number of nitro groups is 1. The van der Waals surface area contributed by atoms with E-state index in [9.17, 15) is 23.8 Å². The van der Waals surface area contributed by atoms with E-state index in [1.807, 2.05) is 12.1 Å². The Morgan fingerprint density at radius 2 is 1.79 bits per heavy atom. The van der Waals surface area contributed by atoms with Gasteiger partial charge in [0.2, 0.25) is 0 Å². The molecule has 0 fully saturated rings. The molecule has 0 radical (unpaired) electrons. The molecule has 0 aliphatic heterocycles. The molecule has 7 nitrogen and oxygen atoms in total. The highest BCUT2D eigenvalue weighted by Crippen LogP contribution is 2.35. The van der Waals surface area contributed by atoms with Crippen LogP contribution in [-0.4, -0.2) is 19.6 Å². The van der Waals surface area contributed by atoms with Crippen LogP contribution in [0.15, 0.2) is 35.2 Å². The molecule has 0 saturated carbocycles. The van der Waals surface area contributed by atoms with Crippen LogP contribution in [0.4, 0.5) is 5.69 Å². The van der Waals surface area contributed by atoms with E-state index in [2.05, 4.69) is 0 Å². The van der Waals surface area contributed by atoms with Crippen molar-refractivity contribution in [2.45, 2.75) is 11.8 Å². The highest BCUT2D eigenvalue weighted by Gasteiger charge is 2.22. The third-order valence-corrected chi connectivity index (χ3v) is 4.57. The van der Waals surface area contributed by atoms with Gasteiger partial charge in [-0.3, -0.25) is 10.1 Å². The molecule has 0 unspecified atom stereocenters. The summed E-state index contributed by atoms with van der Waals surface area (Å²) in [6, 6.07) is 10.2. The van der Waals surface area contributed by atoms with Crippen LogP contribution in [0, 0.1) is 39.7 Å². The number of hydrogen-bond donors (Lipinski definition) is 0. The maximum Gasteiger partial charge on any atom is 0.270 e. The van der Waals surface area contributed by atoms with Crippen molar-refractivity contribution in [1.82, 2.24) is 0 Å². The first-order valence-corrected chi connectivity index (χ1v) is 8.52. The number of nitrogens with zero attached hydrogens (tertiary/aromatic N) is 3. The zero-order chi connectivity index (χ0) is 18.1. The van der Waals surface area contributed by atoms with Gasteiger partial charge in [-0.25, -0.2) is 8.42 Å². The van der Waals surface area contributed by atoms with Gasteiger partial charge in [0.05, 0.1) is 33.1 Å². The number of non-ortho nitro benzene ring substituents is 1. The molecule has 0 aliphatic rings. The van der Waals surface area contributed by atoms with Gasteiger partial charge in [-0.15, -0.1) is 0 Å². The first-order chi connectivity index (χ1) is 11.2. The van der Waals surface area contributed by atoms with E-state index in [1.54, 1.807) is 6.92 Å². The van der Waals surface area contributed by atoms with Gasteiger partial charge in [0.25, 0.3) is 5.69 Å². The van der Waals surface area contributed by atoms with Crippen LogP contribution >= 0.6 is 0 Å². The van der Waals surface area contributed by atoms with Gasteiger partial charge in [0.1, 0.15) is 0 Å². The number of aryl methyl sites for hydroxylation is 1. The molecule has 0 atom stereocenters. The van der Waals surface area contributed by atoms with E-state index in [1.165, 1.54) is 24.3 Å². The molecule has 0 aliphatic carbocycles. The van der Waals surface area contributed by atoms with Gasteiger partial charge in [-0.2, -0.15) is 10.5 Å². The molecule has 2 rings (SSSR count). The standard InChI is InChI=1S/C16H11N3O4S/c1-10-5-11(8-17)6-12(9-18)16(10)14-4-3-13(19(20)21)7-15(14)24(2,22)23/h3-7H,1-2H3. The lowest BCUT2D eigenvalue weighted by molar-refractivity contribution is -0.385. The topological polar surface area (TPSA) is 125 Å². The van der Waals surface area contributed by atoms with Crippen LogP contribution in [0.1, 0.15) is 16.7 Å². The van der Waals surface area contributed by atoms with Gasteiger partial charge < -0.3 is 0 Å². The van der Waals surface area contributed by atoms with Gasteiger partial charge in [0, 0.05) is 29.5 Å². The van der Waals surface area contributed by atoms with Crippen LogP contribution in [0.3, 0.4) is 0 Å². The number of rotatable bonds is 3. The van der Waals surface area contributed by atoms with Crippen LogP contribution in [0.5, 0.6) is 0 Å². The van der Waals surface area contributed by atoms with Gasteiger partial charge >= 0.3 is 0 Å². The second kappa shape index (κ2) is 6.11. The quantitative estimate of drug-likeness (QED) is 0.624. The Balaban J connectivity index is 2.91. The molecule has 0 saturated heterocycles. The number of nitro benzene ring substituents is 1. The van der Waals surface area contributed by atoms with Crippen molar-refractivity contribution in [3.8, 4) is 23.3 Å². The van der Waals surface area contributed by atoms with Crippen LogP contribution in [0.25, 0.3) is 11.1 Å². The summed E-state index contributed by atoms with van der Waals surface area (Å²) >= 11 is 0. The van der Waals surface area contributed by atoms with Gasteiger partial charge in [0.15, 0.2) is 9.84 Å². The third kappa shape index (κ3) is 3.09. The minimum Gasteiger partial charge on any atom is -0.258 e. The smallest absolute Gasteiger partial charge is 0.258 e. The first-order valence-electron chi connectivity index (χ1n) is 6.62. The predicted octanol–water partition coefficient (Wildman–Crippen LogP) is 2.72. The highest BCUT2D eigenvalue weighted by molar-refractivity contribution is 7.90. The largest absolute Gasteiger partial charge is 0.270 e. The Morgan fingerprint density at radius 1 is 1.12 bits per heavy atom. The monoisotopic (exact) mass is 341 g/mol. The Labute approximate surface area is 138 Å². The third-order valence-electron chi connectivity index (χ3n) is 3.43. The van der Waals surface area contributed by atoms with E-state index in [-0.39, 0.29) is 27.3 Å². The summed E-state index contributed by atoms with van der Waals surface area (Å²) in [5, 5.41) is 29.3. The molecule has 24 heavy (non-hydrogen) atoms. The maximum atomic E-state index is 12.1. The molecule has 0 aromatic heterocycles. The number of nitriles is 2. The minimum atomic E-state index is -3.77. The Hall–Kier alpha value is -3.23. The summed E-state index contributed by atoms with van der Waals surface area (Å²) in [4.78, 5) is 10.0. The van der Waals surface area contributed by atoms with Crippen LogP contribution in [-0.2, 0) is 9.84 Å². The molecular weight excluding hydrogens is 330 g/mol. The fraction of sp³-hybridized carbons (Fsp3) is 0.125. The second-order valence-electron chi connectivity index (χ2n) is 5.15. The van der Waals surface area contributed by atoms with Crippen molar-refractivity contribution in [3.63, 3.8) is 0 Å². The average molecular weight is 341 g/mol. The highest BCUT2D eigenvalue weighted by atomic mass is 32.2. The fourth-order valence-electron chi connectivity index (χ4n) is 2.44. The van der Waals surface area contributed by atoms with Crippen molar-refractivity contribution in [2.75, 3.05) is 6.26 Å². The van der Waals surface area contributed by atoms with Gasteiger partial charge in [-0.05, 0) is 30.7 Å². The second-order valence-corrected chi connectivity index (χ2v) is 7.13. The van der Waals surface area contributed by atoms with E-state index < -0.39 is 14.8 Å². The number of benzene rings is 2.